The molecule has 0 unspecified atom stereocenters. The Morgan fingerprint density at radius 2 is 1.33 bits per heavy atom. The standard InChI is InChI=1S/C18H18O9/c1-22-8-6-7-9(12(20)14(8)23-2)11(19)10-15(27-7)13(21)17(25-4)18(26-5)16(10)24-3/h6,20-21H,1-5H3. The van der Waals surface area contributed by atoms with Gasteiger partial charge in [-0.05, 0) is 0 Å². The van der Waals surface area contributed by atoms with Gasteiger partial charge in [0, 0.05) is 6.07 Å². The number of phenols is 2. The van der Waals surface area contributed by atoms with Crippen molar-refractivity contribution in [1.82, 2.24) is 0 Å². The van der Waals surface area contributed by atoms with Crippen molar-refractivity contribution in [3.05, 3.63) is 16.3 Å². The number of hydrogen-bond donors (Lipinski definition) is 2. The smallest absolute Gasteiger partial charge is 0.211 e. The number of rotatable bonds is 5. The Balaban J connectivity index is 2.64. The summed E-state index contributed by atoms with van der Waals surface area (Å²) in [5.74, 6) is -0.841. The normalized spacial score (nSPS) is 10.9. The van der Waals surface area contributed by atoms with Gasteiger partial charge in [-0.15, -0.1) is 0 Å². The van der Waals surface area contributed by atoms with Crippen molar-refractivity contribution < 1.29 is 38.3 Å². The molecule has 2 aromatic carbocycles. The summed E-state index contributed by atoms with van der Waals surface area (Å²) in [4.78, 5) is 13.2. The molecule has 0 amide bonds. The summed E-state index contributed by atoms with van der Waals surface area (Å²) in [5, 5.41) is 20.8. The van der Waals surface area contributed by atoms with Crippen LogP contribution in [0.2, 0.25) is 0 Å². The Morgan fingerprint density at radius 1 is 0.741 bits per heavy atom. The molecule has 0 aliphatic carbocycles. The first kappa shape index (κ1) is 18.3. The molecule has 1 aromatic heterocycles. The van der Waals surface area contributed by atoms with Crippen molar-refractivity contribution in [2.24, 2.45) is 0 Å². The van der Waals surface area contributed by atoms with Crippen LogP contribution in [0.5, 0.6) is 40.2 Å². The maximum Gasteiger partial charge on any atom is 0.211 e. The SMILES string of the molecule is COc1cc2oc3c(O)c(OC)c(OC)c(OC)c3c(=O)c2c(O)c1OC. The summed E-state index contributed by atoms with van der Waals surface area (Å²) in [6.45, 7) is 0. The van der Waals surface area contributed by atoms with Gasteiger partial charge in [-0.1, -0.05) is 0 Å². The van der Waals surface area contributed by atoms with E-state index in [0.29, 0.717) is 0 Å². The monoisotopic (exact) mass is 378 g/mol. The van der Waals surface area contributed by atoms with Gasteiger partial charge >= 0.3 is 0 Å². The van der Waals surface area contributed by atoms with Crippen LogP contribution in [-0.4, -0.2) is 45.8 Å². The highest BCUT2D eigenvalue weighted by atomic mass is 16.5. The molecule has 0 bridgehead atoms. The maximum absolute atomic E-state index is 13.2. The number of aromatic hydroxyl groups is 2. The van der Waals surface area contributed by atoms with Crippen LogP contribution < -0.4 is 29.1 Å². The van der Waals surface area contributed by atoms with E-state index in [1.807, 2.05) is 0 Å². The Bertz CT molecular complexity index is 1100. The molecule has 2 N–H and O–H groups in total. The van der Waals surface area contributed by atoms with E-state index < -0.39 is 16.9 Å². The minimum absolute atomic E-state index is 0.00742. The first-order valence-electron chi connectivity index (χ1n) is 7.70. The predicted molar refractivity (Wildman–Crippen MR) is 96.1 cm³/mol. The highest BCUT2D eigenvalue weighted by molar-refractivity contribution is 6.02. The summed E-state index contributed by atoms with van der Waals surface area (Å²) >= 11 is 0. The zero-order chi connectivity index (χ0) is 19.9. The van der Waals surface area contributed by atoms with E-state index in [1.54, 1.807) is 0 Å². The van der Waals surface area contributed by atoms with Gasteiger partial charge in [0.2, 0.25) is 28.4 Å². The Labute approximate surface area is 153 Å². The molecule has 0 saturated carbocycles. The molecular weight excluding hydrogens is 360 g/mol. The average molecular weight is 378 g/mol. The van der Waals surface area contributed by atoms with Crippen molar-refractivity contribution in [1.29, 1.82) is 0 Å². The fraction of sp³-hybridized carbons (Fsp3) is 0.278. The molecule has 9 nitrogen and oxygen atoms in total. The second-order valence-corrected chi connectivity index (χ2v) is 5.42. The van der Waals surface area contributed by atoms with E-state index in [1.165, 1.54) is 41.6 Å². The number of hydrogen-bond acceptors (Lipinski definition) is 9. The Kier molecular flexibility index (Phi) is 4.52. The van der Waals surface area contributed by atoms with Crippen LogP contribution in [0.15, 0.2) is 15.3 Å². The van der Waals surface area contributed by atoms with Gasteiger partial charge in [-0.25, -0.2) is 0 Å². The zero-order valence-corrected chi connectivity index (χ0v) is 15.3. The van der Waals surface area contributed by atoms with E-state index >= 15 is 0 Å². The number of fused-ring (bicyclic) bond motifs is 2. The second kappa shape index (κ2) is 6.67. The maximum atomic E-state index is 13.2. The lowest BCUT2D eigenvalue weighted by Crippen LogP contribution is -2.07. The Hall–Kier alpha value is -3.49. The molecule has 1 heterocycles. The van der Waals surface area contributed by atoms with Gasteiger partial charge in [0.05, 0.1) is 35.5 Å². The van der Waals surface area contributed by atoms with Crippen LogP contribution in [-0.2, 0) is 0 Å². The largest absolute Gasteiger partial charge is 0.504 e. The Morgan fingerprint density at radius 3 is 1.85 bits per heavy atom. The van der Waals surface area contributed by atoms with Crippen LogP contribution in [0.1, 0.15) is 0 Å². The lowest BCUT2D eigenvalue weighted by Gasteiger charge is -2.17. The van der Waals surface area contributed by atoms with Gasteiger partial charge in [-0.3, -0.25) is 4.79 Å². The lowest BCUT2D eigenvalue weighted by atomic mass is 10.1. The minimum atomic E-state index is -0.655. The first-order valence-corrected chi connectivity index (χ1v) is 7.70. The zero-order valence-electron chi connectivity index (χ0n) is 15.3. The molecule has 0 aliphatic rings. The number of methoxy groups -OCH3 is 5. The molecule has 0 aliphatic heterocycles. The molecule has 3 rings (SSSR count). The van der Waals surface area contributed by atoms with Crippen molar-refractivity contribution in [2.75, 3.05) is 35.5 Å². The molecule has 9 heteroatoms. The lowest BCUT2D eigenvalue weighted by molar-refractivity contribution is 0.312. The summed E-state index contributed by atoms with van der Waals surface area (Å²) in [5.41, 5.74) is -0.862. The quantitative estimate of drug-likeness (QED) is 0.645. The second-order valence-electron chi connectivity index (χ2n) is 5.42. The number of benzene rings is 2. The van der Waals surface area contributed by atoms with Crippen molar-refractivity contribution >= 4 is 21.9 Å². The third-order valence-corrected chi connectivity index (χ3v) is 4.18. The van der Waals surface area contributed by atoms with Crippen molar-refractivity contribution in [3.8, 4) is 40.2 Å². The molecule has 27 heavy (non-hydrogen) atoms. The number of phenolic OH excluding ortho intramolecular Hbond substituents is 2. The fourth-order valence-electron chi connectivity index (χ4n) is 3.01. The molecule has 144 valence electrons. The highest BCUT2D eigenvalue weighted by Gasteiger charge is 2.29. The molecule has 0 spiro atoms. The van der Waals surface area contributed by atoms with E-state index in [0.717, 1.165) is 0 Å². The average Bonchev–Trinajstić information content (AvgIpc) is 2.67. The summed E-state index contributed by atoms with van der Waals surface area (Å²) in [7, 11) is 6.68. The summed E-state index contributed by atoms with van der Waals surface area (Å²) in [6, 6.07) is 1.37. The van der Waals surface area contributed by atoms with Gasteiger partial charge < -0.3 is 38.3 Å². The first-order chi connectivity index (χ1) is 12.9. The van der Waals surface area contributed by atoms with Crippen LogP contribution in [0.3, 0.4) is 0 Å². The third-order valence-electron chi connectivity index (χ3n) is 4.18. The highest BCUT2D eigenvalue weighted by Crippen LogP contribution is 2.51. The van der Waals surface area contributed by atoms with Crippen LogP contribution in [0, 0.1) is 0 Å². The van der Waals surface area contributed by atoms with Gasteiger partial charge in [0.1, 0.15) is 16.4 Å². The van der Waals surface area contributed by atoms with E-state index in [-0.39, 0.29) is 50.7 Å². The van der Waals surface area contributed by atoms with E-state index in [2.05, 4.69) is 0 Å². The van der Waals surface area contributed by atoms with E-state index in [9.17, 15) is 15.0 Å². The molecule has 0 radical (unpaired) electrons. The topological polar surface area (TPSA) is 117 Å². The van der Waals surface area contributed by atoms with Gasteiger partial charge in [0.25, 0.3) is 0 Å². The van der Waals surface area contributed by atoms with E-state index in [4.69, 9.17) is 28.1 Å². The molecule has 0 fully saturated rings. The van der Waals surface area contributed by atoms with Crippen LogP contribution in [0.25, 0.3) is 21.9 Å². The van der Waals surface area contributed by atoms with Gasteiger partial charge in [0.15, 0.2) is 22.8 Å². The predicted octanol–water partition coefficient (Wildman–Crippen LogP) is 2.40. The molecule has 0 atom stereocenters. The van der Waals surface area contributed by atoms with Crippen LogP contribution in [0.4, 0.5) is 0 Å². The summed E-state index contributed by atoms with van der Waals surface area (Å²) in [6.07, 6.45) is 0. The molecular formula is C18H18O9. The van der Waals surface area contributed by atoms with Crippen molar-refractivity contribution in [3.63, 3.8) is 0 Å². The number of ether oxygens (including phenoxy) is 5. The minimum Gasteiger partial charge on any atom is -0.504 e. The van der Waals surface area contributed by atoms with Crippen molar-refractivity contribution in [2.45, 2.75) is 0 Å². The molecule has 3 aromatic rings. The van der Waals surface area contributed by atoms with Gasteiger partial charge in [-0.2, -0.15) is 0 Å². The molecule has 0 saturated heterocycles. The summed E-state index contributed by atoms with van der Waals surface area (Å²) < 4.78 is 31.7. The van der Waals surface area contributed by atoms with Crippen LogP contribution >= 0.6 is 0 Å². The third kappa shape index (κ3) is 2.42. The fourth-order valence-corrected chi connectivity index (χ4v) is 3.01.